The molecule has 0 heterocycles. The summed E-state index contributed by atoms with van der Waals surface area (Å²) in [6.45, 7) is 0. The molecule has 0 aromatic heterocycles. The molecule has 4 heteroatoms. The van der Waals surface area contributed by atoms with E-state index in [0.717, 1.165) is 9.79 Å². The molecule has 0 atom stereocenters. The summed E-state index contributed by atoms with van der Waals surface area (Å²) in [6.07, 6.45) is 0. The fraction of sp³-hybridized carbons (Fsp3) is 0. The minimum Gasteiger partial charge on any atom is -0.508 e. The van der Waals surface area contributed by atoms with Gasteiger partial charge in [-0.15, -0.1) is 0 Å². The SMILES string of the molecule is Nc1ccc(Sc2ccc(O)cc2)cc1F. The maximum Gasteiger partial charge on any atom is 0.147 e. The second-order valence-corrected chi connectivity index (χ2v) is 4.43. The van der Waals surface area contributed by atoms with Crippen LogP contribution in [0.1, 0.15) is 0 Å². The van der Waals surface area contributed by atoms with Crippen LogP contribution < -0.4 is 5.73 Å². The molecule has 2 nitrogen and oxygen atoms in total. The highest BCUT2D eigenvalue weighted by Gasteiger charge is 2.02. The molecule has 0 unspecified atom stereocenters. The molecule has 0 fully saturated rings. The van der Waals surface area contributed by atoms with Crippen LogP contribution in [0.3, 0.4) is 0 Å². The van der Waals surface area contributed by atoms with Crippen molar-refractivity contribution in [1.82, 2.24) is 0 Å². The molecule has 0 bridgehead atoms. The summed E-state index contributed by atoms with van der Waals surface area (Å²) in [6, 6.07) is 11.4. The first-order chi connectivity index (χ1) is 7.65. The molecule has 0 aliphatic heterocycles. The van der Waals surface area contributed by atoms with Gasteiger partial charge in [0.05, 0.1) is 5.69 Å². The van der Waals surface area contributed by atoms with Crippen LogP contribution in [-0.4, -0.2) is 5.11 Å². The van der Waals surface area contributed by atoms with Gasteiger partial charge in [-0.3, -0.25) is 0 Å². The normalized spacial score (nSPS) is 10.3. The van der Waals surface area contributed by atoms with Crippen molar-refractivity contribution < 1.29 is 9.50 Å². The molecule has 82 valence electrons. The maximum atomic E-state index is 13.2. The fourth-order valence-electron chi connectivity index (χ4n) is 1.22. The summed E-state index contributed by atoms with van der Waals surface area (Å²) < 4.78 is 13.2. The highest BCUT2D eigenvalue weighted by molar-refractivity contribution is 7.99. The third-order valence-corrected chi connectivity index (χ3v) is 3.04. The number of hydrogen-bond acceptors (Lipinski definition) is 3. The van der Waals surface area contributed by atoms with Crippen molar-refractivity contribution in [2.45, 2.75) is 9.79 Å². The number of hydrogen-bond donors (Lipinski definition) is 2. The van der Waals surface area contributed by atoms with E-state index < -0.39 is 5.82 Å². The Morgan fingerprint density at radius 2 is 1.62 bits per heavy atom. The van der Waals surface area contributed by atoms with Gasteiger partial charge in [0.2, 0.25) is 0 Å². The summed E-state index contributed by atoms with van der Waals surface area (Å²) in [5, 5.41) is 9.12. The Morgan fingerprint density at radius 3 is 2.25 bits per heavy atom. The molecule has 3 N–H and O–H groups in total. The van der Waals surface area contributed by atoms with E-state index in [1.54, 1.807) is 30.3 Å². The molecule has 0 radical (unpaired) electrons. The van der Waals surface area contributed by atoms with Gasteiger partial charge in [-0.25, -0.2) is 4.39 Å². The minimum atomic E-state index is -0.413. The van der Waals surface area contributed by atoms with Gasteiger partial charge < -0.3 is 10.8 Å². The van der Waals surface area contributed by atoms with Crippen molar-refractivity contribution in [2.75, 3.05) is 5.73 Å². The van der Waals surface area contributed by atoms with Crippen LogP contribution in [0.15, 0.2) is 52.3 Å². The quantitative estimate of drug-likeness (QED) is 0.785. The number of aromatic hydroxyl groups is 1. The molecule has 2 aromatic carbocycles. The zero-order valence-corrected chi connectivity index (χ0v) is 9.17. The number of phenols is 1. The lowest BCUT2D eigenvalue weighted by atomic mass is 10.3. The van der Waals surface area contributed by atoms with E-state index in [1.807, 2.05) is 0 Å². The van der Waals surface area contributed by atoms with Crippen LogP contribution in [-0.2, 0) is 0 Å². The van der Waals surface area contributed by atoms with Crippen molar-refractivity contribution in [3.8, 4) is 5.75 Å². The molecular formula is C12H10FNOS. The first-order valence-corrected chi connectivity index (χ1v) is 5.49. The third kappa shape index (κ3) is 2.46. The minimum absolute atomic E-state index is 0.148. The topological polar surface area (TPSA) is 46.2 Å². The molecule has 0 saturated heterocycles. The predicted octanol–water partition coefficient (Wildman–Crippen LogP) is 3.26. The van der Waals surface area contributed by atoms with Crippen molar-refractivity contribution in [3.63, 3.8) is 0 Å². The Morgan fingerprint density at radius 1 is 1.00 bits per heavy atom. The first-order valence-electron chi connectivity index (χ1n) is 4.67. The Labute approximate surface area is 96.9 Å². The summed E-state index contributed by atoms with van der Waals surface area (Å²) in [5.74, 6) is -0.198. The lowest BCUT2D eigenvalue weighted by molar-refractivity contribution is 0.475. The van der Waals surface area contributed by atoms with Gasteiger partial charge in [-0.1, -0.05) is 11.8 Å². The number of anilines is 1. The highest BCUT2D eigenvalue weighted by Crippen LogP contribution is 2.30. The van der Waals surface area contributed by atoms with Crippen LogP contribution in [0.2, 0.25) is 0 Å². The Bertz CT molecular complexity index is 499. The van der Waals surface area contributed by atoms with E-state index in [1.165, 1.54) is 23.9 Å². The molecule has 0 saturated carbocycles. The number of halogens is 1. The fourth-order valence-corrected chi connectivity index (χ4v) is 2.06. The van der Waals surface area contributed by atoms with E-state index >= 15 is 0 Å². The lowest BCUT2D eigenvalue weighted by Gasteiger charge is -2.03. The number of phenolic OH excluding ortho intramolecular Hbond substituents is 1. The molecule has 0 spiro atoms. The van der Waals surface area contributed by atoms with Gasteiger partial charge in [0, 0.05) is 9.79 Å². The Kier molecular flexibility index (Phi) is 3.01. The van der Waals surface area contributed by atoms with Crippen LogP contribution in [0, 0.1) is 5.82 Å². The third-order valence-electron chi connectivity index (χ3n) is 2.04. The number of nitrogen functional groups attached to an aromatic ring is 1. The van der Waals surface area contributed by atoms with E-state index in [0.29, 0.717) is 0 Å². The Balaban J connectivity index is 2.20. The van der Waals surface area contributed by atoms with Gasteiger partial charge in [0.15, 0.2) is 0 Å². The molecule has 16 heavy (non-hydrogen) atoms. The smallest absolute Gasteiger partial charge is 0.147 e. The van der Waals surface area contributed by atoms with Crippen LogP contribution in [0.4, 0.5) is 10.1 Å². The van der Waals surface area contributed by atoms with Crippen LogP contribution in [0.5, 0.6) is 5.75 Å². The second-order valence-electron chi connectivity index (χ2n) is 3.28. The summed E-state index contributed by atoms with van der Waals surface area (Å²) in [4.78, 5) is 1.71. The van der Waals surface area contributed by atoms with E-state index in [4.69, 9.17) is 10.8 Å². The highest BCUT2D eigenvalue weighted by atomic mass is 32.2. The van der Waals surface area contributed by atoms with Crippen LogP contribution in [0.25, 0.3) is 0 Å². The lowest BCUT2D eigenvalue weighted by Crippen LogP contribution is -1.89. The van der Waals surface area contributed by atoms with Gasteiger partial charge in [0.1, 0.15) is 11.6 Å². The molecule has 0 aliphatic rings. The summed E-state index contributed by atoms with van der Waals surface area (Å²) in [7, 11) is 0. The summed E-state index contributed by atoms with van der Waals surface area (Å²) in [5.41, 5.74) is 5.53. The maximum absolute atomic E-state index is 13.2. The monoisotopic (exact) mass is 235 g/mol. The molecule has 2 aromatic rings. The largest absolute Gasteiger partial charge is 0.508 e. The molecule has 2 rings (SSSR count). The van der Waals surface area contributed by atoms with Crippen molar-refractivity contribution >= 4 is 17.4 Å². The number of rotatable bonds is 2. The van der Waals surface area contributed by atoms with Crippen LogP contribution >= 0.6 is 11.8 Å². The number of benzene rings is 2. The van der Waals surface area contributed by atoms with Crippen molar-refractivity contribution in [3.05, 3.63) is 48.3 Å². The Hall–Kier alpha value is -1.68. The molecule has 0 aliphatic carbocycles. The first kappa shape index (κ1) is 10.8. The van der Waals surface area contributed by atoms with Crippen molar-refractivity contribution in [2.24, 2.45) is 0 Å². The zero-order chi connectivity index (χ0) is 11.5. The van der Waals surface area contributed by atoms with E-state index in [2.05, 4.69) is 0 Å². The van der Waals surface area contributed by atoms with Crippen molar-refractivity contribution in [1.29, 1.82) is 0 Å². The standard InChI is InChI=1S/C12H10FNOS/c13-11-7-10(5-6-12(11)14)16-9-3-1-8(15)2-4-9/h1-7,15H,14H2. The average molecular weight is 235 g/mol. The second kappa shape index (κ2) is 4.45. The van der Waals surface area contributed by atoms with Gasteiger partial charge in [-0.05, 0) is 42.5 Å². The number of nitrogens with two attached hydrogens (primary N) is 1. The van der Waals surface area contributed by atoms with Gasteiger partial charge in [0.25, 0.3) is 0 Å². The molecular weight excluding hydrogens is 225 g/mol. The van der Waals surface area contributed by atoms with E-state index in [9.17, 15) is 4.39 Å². The summed E-state index contributed by atoms with van der Waals surface area (Å²) >= 11 is 1.41. The van der Waals surface area contributed by atoms with Gasteiger partial charge >= 0.3 is 0 Å². The van der Waals surface area contributed by atoms with E-state index in [-0.39, 0.29) is 11.4 Å². The molecule has 0 amide bonds. The predicted molar refractivity (Wildman–Crippen MR) is 63.0 cm³/mol. The zero-order valence-electron chi connectivity index (χ0n) is 8.35. The van der Waals surface area contributed by atoms with Gasteiger partial charge in [-0.2, -0.15) is 0 Å². The average Bonchev–Trinajstić information content (AvgIpc) is 2.27.